The number of benzene rings is 1. The number of hydrogen-bond acceptors (Lipinski definition) is 2. The van der Waals surface area contributed by atoms with Crippen molar-refractivity contribution in [2.45, 2.75) is 58.4 Å². The average Bonchev–Trinajstić information content (AvgIpc) is 2.48. The number of rotatable bonds is 6. The van der Waals surface area contributed by atoms with Crippen LogP contribution < -0.4 is 10.1 Å². The highest BCUT2D eigenvalue weighted by Crippen LogP contribution is 2.48. The van der Waals surface area contributed by atoms with Gasteiger partial charge in [-0.2, -0.15) is 0 Å². The second-order valence-corrected chi connectivity index (χ2v) is 7.40. The molecule has 1 N–H and O–H groups in total. The third-order valence-corrected chi connectivity index (χ3v) is 5.29. The molecule has 1 aromatic rings. The first-order valence-electron chi connectivity index (χ1n) is 8.17. The maximum atomic E-state index is 5.64. The second-order valence-electron chi connectivity index (χ2n) is 6.49. The van der Waals surface area contributed by atoms with Crippen LogP contribution in [0.3, 0.4) is 0 Å². The summed E-state index contributed by atoms with van der Waals surface area (Å²) in [6, 6.07) is 6.73. The minimum absolute atomic E-state index is 0.321. The Balaban J connectivity index is 2.37. The van der Waals surface area contributed by atoms with Crippen LogP contribution in [-0.4, -0.2) is 13.7 Å². The zero-order valence-electron chi connectivity index (χ0n) is 13.5. The first-order chi connectivity index (χ1) is 10.1. The van der Waals surface area contributed by atoms with E-state index in [1.807, 2.05) is 0 Å². The lowest BCUT2D eigenvalue weighted by Crippen LogP contribution is -2.38. The van der Waals surface area contributed by atoms with Gasteiger partial charge in [-0.15, -0.1) is 0 Å². The molecule has 1 aromatic carbocycles. The molecule has 0 saturated heterocycles. The number of halogens is 1. The monoisotopic (exact) mass is 353 g/mol. The van der Waals surface area contributed by atoms with Crippen molar-refractivity contribution >= 4 is 15.9 Å². The molecular weight excluding hydrogens is 326 g/mol. The zero-order chi connectivity index (χ0) is 15.3. The summed E-state index contributed by atoms with van der Waals surface area (Å²) < 4.78 is 6.76. The molecular formula is C18H28BrNO. The summed E-state index contributed by atoms with van der Waals surface area (Å²) in [6.45, 7) is 5.72. The molecule has 1 atom stereocenters. The molecule has 2 rings (SSSR count). The van der Waals surface area contributed by atoms with E-state index in [4.69, 9.17) is 4.74 Å². The van der Waals surface area contributed by atoms with E-state index in [1.165, 1.54) is 37.7 Å². The van der Waals surface area contributed by atoms with Gasteiger partial charge < -0.3 is 10.1 Å². The molecule has 118 valence electrons. The average molecular weight is 354 g/mol. The number of hydrogen-bond donors (Lipinski definition) is 1. The van der Waals surface area contributed by atoms with Crippen LogP contribution in [0.15, 0.2) is 22.7 Å². The lowest BCUT2D eigenvalue weighted by Gasteiger charge is -2.42. The van der Waals surface area contributed by atoms with Crippen molar-refractivity contribution in [1.82, 2.24) is 5.32 Å². The van der Waals surface area contributed by atoms with Crippen LogP contribution in [-0.2, 0) is 0 Å². The predicted molar refractivity (Wildman–Crippen MR) is 92.9 cm³/mol. The van der Waals surface area contributed by atoms with Crippen molar-refractivity contribution in [3.8, 4) is 5.75 Å². The SMILES string of the molecule is CCCNC(c1cc(Br)ccc1OC)C1(C)CCCCC1. The van der Waals surface area contributed by atoms with Gasteiger partial charge in [0.2, 0.25) is 0 Å². The Morgan fingerprint density at radius 3 is 2.62 bits per heavy atom. The van der Waals surface area contributed by atoms with Crippen LogP contribution in [0.25, 0.3) is 0 Å². The molecule has 1 aliphatic rings. The van der Waals surface area contributed by atoms with Gasteiger partial charge in [0, 0.05) is 16.1 Å². The molecule has 0 spiro atoms. The number of methoxy groups -OCH3 is 1. The summed E-state index contributed by atoms with van der Waals surface area (Å²) in [4.78, 5) is 0. The predicted octanol–water partition coefficient (Wildman–Crippen LogP) is 5.47. The fourth-order valence-electron chi connectivity index (χ4n) is 3.60. The van der Waals surface area contributed by atoms with Crippen molar-refractivity contribution in [2.24, 2.45) is 5.41 Å². The smallest absolute Gasteiger partial charge is 0.123 e. The molecule has 3 heteroatoms. The Kier molecular flexibility index (Phi) is 6.12. The van der Waals surface area contributed by atoms with Gasteiger partial charge in [0.05, 0.1) is 7.11 Å². The van der Waals surface area contributed by atoms with Gasteiger partial charge >= 0.3 is 0 Å². The summed E-state index contributed by atoms with van der Waals surface area (Å²) in [5.74, 6) is 0.999. The number of nitrogens with one attached hydrogen (secondary N) is 1. The largest absolute Gasteiger partial charge is 0.496 e. The van der Waals surface area contributed by atoms with E-state index in [-0.39, 0.29) is 0 Å². The zero-order valence-corrected chi connectivity index (χ0v) is 15.1. The van der Waals surface area contributed by atoms with Crippen molar-refractivity contribution in [3.63, 3.8) is 0 Å². The Labute approximate surface area is 137 Å². The highest BCUT2D eigenvalue weighted by molar-refractivity contribution is 9.10. The Morgan fingerprint density at radius 2 is 2.00 bits per heavy atom. The van der Waals surface area contributed by atoms with Gasteiger partial charge in [0.1, 0.15) is 5.75 Å². The third kappa shape index (κ3) is 4.01. The van der Waals surface area contributed by atoms with E-state index in [0.29, 0.717) is 11.5 Å². The van der Waals surface area contributed by atoms with Crippen molar-refractivity contribution < 1.29 is 4.74 Å². The normalized spacial score (nSPS) is 19.2. The Bertz CT molecular complexity index is 455. The van der Waals surface area contributed by atoms with Gasteiger partial charge in [-0.05, 0) is 49.4 Å². The maximum absolute atomic E-state index is 5.64. The lowest BCUT2D eigenvalue weighted by molar-refractivity contribution is 0.142. The molecule has 1 saturated carbocycles. The molecule has 2 nitrogen and oxygen atoms in total. The molecule has 1 aliphatic carbocycles. The summed E-state index contributed by atoms with van der Waals surface area (Å²) in [6.07, 6.45) is 7.82. The van der Waals surface area contributed by atoms with E-state index in [2.05, 4.69) is 53.3 Å². The number of ether oxygens (including phenoxy) is 1. The summed E-state index contributed by atoms with van der Waals surface area (Å²) >= 11 is 3.62. The summed E-state index contributed by atoms with van der Waals surface area (Å²) in [5, 5.41) is 3.80. The summed E-state index contributed by atoms with van der Waals surface area (Å²) in [7, 11) is 1.77. The van der Waals surface area contributed by atoms with E-state index in [0.717, 1.165) is 23.2 Å². The molecule has 1 fully saturated rings. The lowest BCUT2D eigenvalue weighted by atomic mass is 9.68. The van der Waals surface area contributed by atoms with Crippen LogP contribution in [0.4, 0.5) is 0 Å². The molecule has 0 aliphatic heterocycles. The molecule has 21 heavy (non-hydrogen) atoms. The second kappa shape index (κ2) is 7.64. The van der Waals surface area contributed by atoms with Crippen molar-refractivity contribution in [1.29, 1.82) is 0 Å². The standard InChI is InChI=1S/C18H28BrNO/c1-4-12-20-17(18(2)10-6-5-7-11-18)15-13-14(19)8-9-16(15)21-3/h8-9,13,17,20H,4-7,10-12H2,1-3H3. The highest BCUT2D eigenvalue weighted by atomic mass is 79.9. The molecule has 0 bridgehead atoms. The third-order valence-electron chi connectivity index (χ3n) is 4.79. The van der Waals surface area contributed by atoms with Crippen LogP contribution in [0.2, 0.25) is 0 Å². The first kappa shape index (κ1) is 16.8. The van der Waals surface area contributed by atoms with Crippen LogP contribution in [0, 0.1) is 5.41 Å². The molecule has 0 radical (unpaired) electrons. The van der Waals surface area contributed by atoms with Crippen molar-refractivity contribution in [3.05, 3.63) is 28.2 Å². The van der Waals surface area contributed by atoms with E-state index < -0.39 is 0 Å². The van der Waals surface area contributed by atoms with Gasteiger partial charge in [-0.25, -0.2) is 0 Å². The van der Waals surface area contributed by atoms with Gasteiger partial charge in [0.25, 0.3) is 0 Å². The minimum atomic E-state index is 0.321. The quantitative estimate of drug-likeness (QED) is 0.731. The van der Waals surface area contributed by atoms with E-state index in [1.54, 1.807) is 7.11 Å². The van der Waals surface area contributed by atoms with Gasteiger partial charge in [-0.1, -0.05) is 49.0 Å². The Hall–Kier alpha value is -0.540. The van der Waals surface area contributed by atoms with Gasteiger partial charge in [0.15, 0.2) is 0 Å². The topological polar surface area (TPSA) is 21.3 Å². The fourth-order valence-corrected chi connectivity index (χ4v) is 3.98. The fraction of sp³-hybridized carbons (Fsp3) is 0.667. The highest BCUT2D eigenvalue weighted by Gasteiger charge is 2.37. The first-order valence-corrected chi connectivity index (χ1v) is 8.97. The van der Waals surface area contributed by atoms with Gasteiger partial charge in [-0.3, -0.25) is 0 Å². The minimum Gasteiger partial charge on any atom is -0.496 e. The van der Waals surface area contributed by atoms with Crippen LogP contribution in [0.5, 0.6) is 5.75 Å². The van der Waals surface area contributed by atoms with Crippen LogP contribution >= 0.6 is 15.9 Å². The van der Waals surface area contributed by atoms with E-state index in [9.17, 15) is 0 Å². The molecule has 0 aromatic heterocycles. The molecule has 1 unspecified atom stereocenters. The van der Waals surface area contributed by atoms with Crippen LogP contribution in [0.1, 0.15) is 64.0 Å². The Morgan fingerprint density at radius 1 is 1.29 bits per heavy atom. The molecule has 0 heterocycles. The van der Waals surface area contributed by atoms with E-state index >= 15 is 0 Å². The van der Waals surface area contributed by atoms with Crippen molar-refractivity contribution in [2.75, 3.05) is 13.7 Å². The molecule has 0 amide bonds. The maximum Gasteiger partial charge on any atom is 0.123 e. The summed E-state index contributed by atoms with van der Waals surface area (Å²) in [5.41, 5.74) is 1.62.